The molecule has 0 aliphatic rings. The van der Waals surface area contributed by atoms with Gasteiger partial charge in [-0.2, -0.15) is 0 Å². The second-order valence-electron chi connectivity index (χ2n) is 21.0. The summed E-state index contributed by atoms with van der Waals surface area (Å²) < 4.78 is 16.9. The molecule has 6 nitrogen and oxygen atoms in total. The predicted molar refractivity (Wildman–Crippen MR) is 316 cm³/mol. The van der Waals surface area contributed by atoms with E-state index < -0.39 is 6.10 Å². The topological polar surface area (TPSA) is 78.9 Å². The molecule has 0 radical (unpaired) electrons. The molecule has 0 saturated carbocycles. The van der Waals surface area contributed by atoms with Crippen molar-refractivity contribution in [3.63, 3.8) is 0 Å². The highest BCUT2D eigenvalue weighted by Crippen LogP contribution is 2.17. The molecule has 0 heterocycles. The number of unbranched alkanes of at least 4 members (excludes halogenated alkanes) is 34. The van der Waals surface area contributed by atoms with Crippen molar-refractivity contribution in [3.8, 4) is 0 Å². The number of ether oxygens (including phenoxy) is 3. The van der Waals surface area contributed by atoms with Gasteiger partial charge in [-0.25, -0.2) is 0 Å². The van der Waals surface area contributed by atoms with E-state index in [1.807, 2.05) is 0 Å². The van der Waals surface area contributed by atoms with Crippen molar-refractivity contribution in [2.75, 3.05) is 13.2 Å². The molecule has 0 aromatic rings. The zero-order valence-corrected chi connectivity index (χ0v) is 48.4. The van der Waals surface area contributed by atoms with E-state index >= 15 is 0 Å². The molecule has 0 bridgehead atoms. The third-order valence-electron chi connectivity index (χ3n) is 13.7. The third-order valence-corrected chi connectivity index (χ3v) is 13.7. The van der Waals surface area contributed by atoms with Gasteiger partial charge in [0, 0.05) is 19.3 Å². The Morgan fingerprint density at radius 1 is 0.288 bits per heavy atom. The lowest BCUT2D eigenvalue weighted by Crippen LogP contribution is -2.30. The summed E-state index contributed by atoms with van der Waals surface area (Å²) in [7, 11) is 0. The zero-order valence-electron chi connectivity index (χ0n) is 48.4. The van der Waals surface area contributed by atoms with Gasteiger partial charge in [0.1, 0.15) is 13.2 Å². The highest BCUT2D eigenvalue weighted by molar-refractivity contribution is 5.71. The van der Waals surface area contributed by atoms with Crippen LogP contribution in [0.4, 0.5) is 0 Å². The highest BCUT2D eigenvalue weighted by atomic mass is 16.6. The molecule has 0 aliphatic carbocycles. The van der Waals surface area contributed by atoms with Crippen molar-refractivity contribution in [2.45, 2.75) is 322 Å². The van der Waals surface area contributed by atoms with Gasteiger partial charge < -0.3 is 14.2 Å². The molecule has 0 rings (SSSR count). The van der Waals surface area contributed by atoms with Gasteiger partial charge >= 0.3 is 17.9 Å². The van der Waals surface area contributed by atoms with Crippen LogP contribution in [0.25, 0.3) is 0 Å². The Morgan fingerprint density at radius 2 is 0.534 bits per heavy atom. The maximum Gasteiger partial charge on any atom is 0.306 e. The number of hydrogen-bond acceptors (Lipinski definition) is 6. The normalized spacial score (nSPS) is 12.5. The van der Waals surface area contributed by atoms with Gasteiger partial charge in [0.25, 0.3) is 0 Å². The van der Waals surface area contributed by atoms with Crippen LogP contribution in [0, 0.1) is 0 Å². The Labute approximate surface area is 453 Å². The molecule has 1 atom stereocenters. The fraction of sp³-hybridized carbons (Fsp3) is 0.776. The molecular formula is C67H118O6. The average molecular weight is 1020 g/mol. The van der Waals surface area contributed by atoms with Gasteiger partial charge in [0.2, 0.25) is 0 Å². The summed E-state index contributed by atoms with van der Waals surface area (Å²) in [6, 6.07) is 0. The van der Waals surface area contributed by atoms with E-state index in [4.69, 9.17) is 14.2 Å². The highest BCUT2D eigenvalue weighted by Gasteiger charge is 2.19. The summed E-state index contributed by atoms with van der Waals surface area (Å²) in [5.74, 6) is -0.865. The van der Waals surface area contributed by atoms with E-state index in [1.165, 1.54) is 173 Å². The van der Waals surface area contributed by atoms with Crippen molar-refractivity contribution in [1.29, 1.82) is 0 Å². The van der Waals surface area contributed by atoms with Gasteiger partial charge in [-0.3, -0.25) is 14.4 Å². The Hall–Kier alpha value is -3.15. The lowest BCUT2D eigenvalue weighted by atomic mass is 10.0. The molecule has 0 aliphatic heterocycles. The molecular weight excluding hydrogens is 901 g/mol. The third kappa shape index (κ3) is 59.6. The molecule has 1 unspecified atom stereocenters. The Morgan fingerprint density at radius 3 is 0.836 bits per heavy atom. The first-order valence-electron chi connectivity index (χ1n) is 31.4. The van der Waals surface area contributed by atoms with Crippen LogP contribution < -0.4 is 0 Å². The molecule has 0 fully saturated rings. The van der Waals surface area contributed by atoms with Gasteiger partial charge in [0.15, 0.2) is 6.10 Å². The van der Waals surface area contributed by atoms with E-state index in [1.54, 1.807) is 0 Å². The van der Waals surface area contributed by atoms with Crippen LogP contribution in [0.2, 0.25) is 0 Å². The van der Waals surface area contributed by atoms with Crippen LogP contribution in [0.15, 0.2) is 72.9 Å². The summed E-state index contributed by atoms with van der Waals surface area (Å²) >= 11 is 0. The van der Waals surface area contributed by atoms with Gasteiger partial charge in [-0.1, -0.05) is 299 Å². The average Bonchev–Trinajstić information content (AvgIpc) is 3.39. The van der Waals surface area contributed by atoms with Crippen LogP contribution in [-0.4, -0.2) is 37.2 Å². The predicted octanol–water partition coefficient (Wildman–Crippen LogP) is 21.3. The van der Waals surface area contributed by atoms with E-state index in [-0.39, 0.29) is 31.1 Å². The number of esters is 3. The number of hydrogen-bond donors (Lipinski definition) is 0. The molecule has 0 aromatic heterocycles. The minimum atomic E-state index is -0.775. The summed E-state index contributed by atoms with van der Waals surface area (Å²) in [6.45, 7) is 6.56. The summed E-state index contributed by atoms with van der Waals surface area (Å²) in [5, 5.41) is 0. The zero-order chi connectivity index (χ0) is 52.9. The molecule has 0 amide bonds. The number of rotatable bonds is 57. The van der Waals surface area contributed by atoms with Crippen LogP contribution in [0.5, 0.6) is 0 Å². The first kappa shape index (κ1) is 69.8. The van der Waals surface area contributed by atoms with Crippen molar-refractivity contribution in [2.24, 2.45) is 0 Å². The number of allylic oxidation sites excluding steroid dienone is 12. The quantitative estimate of drug-likeness (QED) is 0.0261. The second kappa shape index (κ2) is 61.4. The number of carbonyl (C=O) groups excluding carboxylic acids is 3. The first-order chi connectivity index (χ1) is 36.0. The van der Waals surface area contributed by atoms with Crippen molar-refractivity contribution in [1.82, 2.24) is 0 Å². The second-order valence-corrected chi connectivity index (χ2v) is 21.0. The largest absolute Gasteiger partial charge is 0.462 e. The Bertz CT molecular complexity index is 1360. The van der Waals surface area contributed by atoms with E-state index in [9.17, 15) is 14.4 Å². The van der Waals surface area contributed by atoms with Crippen LogP contribution in [0.3, 0.4) is 0 Å². The van der Waals surface area contributed by atoms with Gasteiger partial charge in [-0.15, -0.1) is 0 Å². The Kier molecular flexibility index (Phi) is 58.7. The van der Waals surface area contributed by atoms with Crippen molar-refractivity contribution >= 4 is 17.9 Å². The SMILES string of the molecule is CC/C=C\C/C=C\C/C=C\C/C=C\C/C=C\C/C=C\CCCCCCCCCCC(=O)OCC(COC(=O)CCCCCCCCCCCCCCCC)OC(=O)CCCCCCCCCCCCCCCC. The molecule has 0 spiro atoms. The van der Waals surface area contributed by atoms with Gasteiger partial charge in [-0.05, 0) is 70.6 Å². The fourth-order valence-corrected chi connectivity index (χ4v) is 9.04. The lowest BCUT2D eigenvalue weighted by molar-refractivity contribution is -0.167. The molecule has 422 valence electrons. The van der Waals surface area contributed by atoms with Crippen LogP contribution in [0.1, 0.15) is 316 Å². The van der Waals surface area contributed by atoms with E-state index in [0.717, 1.165) is 103 Å². The number of carbonyl (C=O) groups is 3. The molecule has 0 aromatic carbocycles. The summed E-state index contributed by atoms with van der Waals surface area (Å²) in [4.78, 5) is 38.2. The molecule has 6 heteroatoms. The van der Waals surface area contributed by atoms with E-state index in [0.29, 0.717) is 19.3 Å². The van der Waals surface area contributed by atoms with Crippen molar-refractivity contribution < 1.29 is 28.6 Å². The molecule has 73 heavy (non-hydrogen) atoms. The van der Waals surface area contributed by atoms with E-state index in [2.05, 4.69) is 93.7 Å². The maximum absolute atomic E-state index is 12.9. The molecule has 0 N–H and O–H groups in total. The lowest BCUT2D eigenvalue weighted by Gasteiger charge is -2.18. The first-order valence-corrected chi connectivity index (χ1v) is 31.4. The maximum atomic E-state index is 12.9. The Balaban J connectivity index is 4.28. The summed E-state index contributed by atoms with van der Waals surface area (Å²) in [5.41, 5.74) is 0. The van der Waals surface area contributed by atoms with Gasteiger partial charge in [0.05, 0.1) is 0 Å². The van der Waals surface area contributed by atoms with Crippen LogP contribution >= 0.6 is 0 Å². The monoisotopic (exact) mass is 1020 g/mol. The van der Waals surface area contributed by atoms with Crippen molar-refractivity contribution in [3.05, 3.63) is 72.9 Å². The smallest absolute Gasteiger partial charge is 0.306 e. The minimum absolute atomic E-state index is 0.0728. The summed E-state index contributed by atoms with van der Waals surface area (Å²) in [6.07, 6.45) is 79.0. The fourth-order valence-electron chi connectivity index (χ4n) is 9.04. The minimum Gasteiger partial charge on any atom is -0.462 e. The standard InChI is InChI=1S/C67H118O6/c1-4-7-10-13-16-19-22-25-28-29-30-31-32-33-34-35-36-37-38-39-40-43-45-48-51-54-57-60-66(69)72-63-64(73-67(70)61-58-55-52-49-46-42-27-24-21-18-15-12-9-6-3)62-71-65(68)59-56-53-50-47-44-41-26-23-20-17-14-11-8-5-2/h7,10,16,19,25,28,30-31,33-34,36-37,64H,4-6,8-9,11-15,17-18,20-24,26-27,29,32,35,38-63H2,1-3H3/b10-7-,19-16-,28-25-,31-30-,34-33-,37-36-. The molecule has 0 saturated heterocycles. The van der Waals surface area contributed by atoms with Crippen LogP contribution in [-0.2, 0) is 28.6 Å².